The van der Waals surface area contributed by atoms with Crippen molar-refractivity contribution in [3.63, 3.8) is 0 Å². The molecule has 2 heterocycles. The van der Waals surface area contributed by atoms with Crippen LogP contribution in [0.2, 0.25) is 0 Å². The zero-order valence-electron chi connectivity index (χ0n) is 16.7. The highest BCUT2D eigenvalue weighted by Gasteiger charge is 2.23. The van der Waals surface area contributed by atoms with E-state index in [1.165, 1.54) is 0 Å². The summed E-state index contributed by atoms with van der Waals surface area (Å²) >= 11 is 0. The van der Waals surface area contributed by atoms with Gasteiger partial charge in [-0.25, -0.2) is 0 Å². The standard InChI is InChI=1S/C20H28N4O5/c1-2-3-6-21-18(25)13-23-7-9-24(10-8-23)19(26)12-22-20(27)15-4-5-16-17(11-15)29-14-28-16/h4-5,11H,2-3,6-10,12-14H2,1H3,(H,21,25)(H,22,27). The Morgan fingerprint density at radius 2 is 1.79 bits per heavy atom. The highest BCUT2D eigenvalue weighted by molar-refractivity contribution is 5.97. The molecule has 0 spiro atoms. The van der Waals surface area contributed by atoms with Gasteiger partial charge in [-0.2, -0.15) is 0 Å². The normalized spacial score (nSPS) is 15.8. The van der Waals surface area contributed by atoms with E-state index in [2.05, 4.69) is 17.6 Å². The molecule has 158 valence electrons. The molecule has 3 amide bonds. The maximum Gasteiger partial charge on any atom is 0.251 e. The number of carbonyl (C=O) groups is 3. The van der Waals surface area contributed by atoms with Crippen LogP contribution >= 0.6 is 0 Å². The zero-order chi connectivity index (χ0) is 20.6. The number of hydrogen-bond donors (Lipinski definition) is 2. The summed E-state index contributed by atoms with van der Waals surface area (Å²) in [7, 11) is 0. The van der Waals surface area contributed by atoms with Crippen LogP contribution in [0.3, 0.4) is 0 Å². The number of piperazine rings is 1. The highest BCUT2D eigenvalue weighted by atomic mass is 16.7. The number of nitrogens with zero attached hydrogens (tertiary/aromatic N) is 2. The number of amides is 3. The predicted molar refractivity (Wildman–Crippen MR) is 106 cm³/mol. The average molecular weight is 404 g/mol. The van der Waals surface area contributed by atoms with Crippen LogP contribution in [-0.4, -0.2) is 80.1 Å². The van der Waals surface area contributed by atoms with Crippen LogP contribution in [0.25, 0.3) is 0 Å². The number of benzene rings is 1. The Morgan fingerprint density at radius 3 is 2.55 bits per heavy atom. The van der Waals surface area contributed by atoms with Crippen molar-refractivity contribution in [3.8, 4) is 11.5 Å². The van der Waals surface area contributed by atoms with Crippen molar-refractivity contribution in [2.45, 2.75) is 19.8 Å². The molecule has 1 saturated heterocycles. The lowest BCUT2D eigenvalue weighted by Crippen LogP contribution is -2.53. The molecule has 1 aromatic rings. The van der Waals surface area contributed by atoms with Gasteiger partial charge in [0.05, 0.1) is 13.1 Å². The van der Waals surface area contributed by atoms with Crippen molar-refractivity contribution in [2.24, 2.45) is 0 Å². The van der Waals surface area contributed by atoms with Crippen molar-refractivity contribution in [1.29, 1.82) is 0 Å². The van der Waals surface area contributed by atoms with E-state index in [0.717, 1.165) is 12.8 Å². The first kappa shape index (κ1) is 20.9. The van der Waals surface area contributed by atoms with E-state index in [-0.39, 0.29) is 31.1 Å². The summed E-state index contributed by atoms with van der Waals surface area (Å²) in [5.41, 5.74) is 0.418. The third-order valence-corrected chi connectivity index (χ3v) is 4.98. The molecule has 1 aromatic carbocycles. The number of rotatable bonds is 8. The maximum atomic E-state index is 12.4. The van der Waals surface area contributed by atoms with Crippen LogP contribution in [0.1, 0.15) is 30.1 Å². The number of fused-ring (bicyclic) bond motifs is 1. The van der Waals surface area contributed by atoms with Gasteiger partial charge in [0.25, 0.3) is 5.91 Å². The van der Waals surface area contributed by atoms with Gasteiger partial charge in [-0.15, -0.1) is 0 Å². The molecule has 0 saturated carbocycles. The Hall–Kier alpha value is -2.81. The second kappa shape index (κ2) is 10.1. The predicted octanol–water partition coefficient (Wildman–Crippen LogP) is 0.206. The van der Waals surface area contributed by atoms with Gasteiger partial charge >= 0.3 is 0 Å². The molecule has 0 unspecified atom stereocenters. The topological polar surface area (TPSA) is 100 Å². The number of unbranched alkanes of at least 4 members (excludes halogenated alkanes) is 1. The summed E-state index contributed by atoms with van der Waals surface area (Å²) in [5.74, 6) is 0.688. The molecule has 0 aliphatic carbocycles. The fourth-order valence-corrected chi connectivity index (χ4v) is 3.23. The number of nitrogens with one attached hydrogen (secondary N) is 2. The van der Waals surface area contributed by atoms with Crippen molar-refractivity contribution >= 4 is 17.7 Å². The molecule has 0 bridgehead atoms. The van der Waals surface area contributed by atoms with Gasteiger partial charge in [0, 0.05) is 38.3 Å². The molecule has 0 radical (unpaired) electrons. The lowest BCUT2D eigenvalue weighted by molar-refractivity contribution is -0.132. The number of ether oxygens (including phenoxy) is 2. The van der Waals surface area contributed by atoms with Crippen LogP contribution in [-0.2, 0) is 9.59 Å². The third-order valence-electron chi connectivity index (χ3n) is 4.98. The summed E-state index contributed by atoms with van der Waals surface area (Å²) in [6.45, 7) is 5.59. The first-order valence-electron chi connectivity index (χ1n) is 10.0. The molecule has 2 aliphatic heterocycles. The molecule has 29 heavy (non-hydrogen) atoms. The van der Waals surface area contributed by atoms with Crippen molar-refractivity contribution in [3.05, 3.63) is 23.8 Å². The lowest BCUT2D eigenvalue weighted by atomic mass is 10.2. The van der Waals surface area contributed by atoms with Crippen LogP contribution in [0.5, 0.6) is 11.5 Å². The quantitative estimate of drug-likeness (QED) is 0.601. The molecule has 0 atom stereocenters. The van der Waals surface area contributed by atoms with Gasteiger partial charge in [0.15, 0.2) is 11.5 Å². The molecule has 9 nitrogen and oxygen atoms in total. The fraction of sp³-hybridized carbons (Fsp3) is 0.550. The van der Waals surface area contributed by atoms with E-state index in [1.807, 2.05) is 4.90 Å². The third kappa shape index (κ3) is 5.83. The van der Waals surface area contributed by atoms with Gasteiger partial charge < -0.3 is 25.0 Å². The summed E-state index contributed by atoms with van der Waals surface area (Å²) in [4.78, 5) is 40.3. The first-order valence-corrected chi connectivity index (χ1v) is 10.0. The van der Waals surface area contributed by atoms with Gasteiger partial charge in [0.2, 0.25) is 18.6 Å². The Bertz CT molecular complexity index is 746. The molecular weight excluding hydrogens is 376 g/mol. The van der Waals surface area contributed by atoms with Gasteiger partial charge in [-0.05, 0) is 24.6 Å². The van der Waals surface area contributed by atoms with E-state index >= 15 is 0 Å². The van der Waals surface area contributed by atoms with Crippen LogP contribution < -0.4 is 20.1 Å². The second-order valence-electron chi connectivity index (χ2n) is 7.11. The molecule has 3 rings (SSSR count). The Kier molecular flexibility index (Phi) is 7.29. The summed E-state index contributed by atoms with van der Waals surface area (Å²) in [5, 5.41) is 5.56. The van der Waals surface area contributed by atoms with Crippen LogP contribution in [0, 0.1) is 0 Å². The summed E-state index contributed by atoms with van der Waals surface area (Å²) in [6.07, 6.45) is 2.03. The van der Waals surface area contributed by atoms with E-state index in [1.54, 1.807) is 23.1 Å². The van der Waals surface area contributed by atoms with Gasteiger partial charge in [-0.3, -0.25) is 19.3 Å². The maximum absolute atomic E-state index is 12.4. The Morgan fingerprint density at radius 1 is 1.03 bits per heavy atom. The lowest BCUT2D eigenvalue weighted by Gasteiger charge is -2.34. The SMILES string of the molecule is CCCCNC(=O)CN1CCN(C(=O)CNC(=O)c2ccc3c(c2)OCO3)CC1. The molecular formula is C20H28N4O5. The number of carbonyl (C=O) groups excluding carboxylic acids is 3. The van der Waals surface area contributed by atoms with Crippen molar-refractivity contribution in [1.82, 2.24) is 20.4 Å². The minimum atomic E-state index is -0.334. The van der Waals surface area contributed by atoms with E-state index in [9.17, 15) is 14.4 Å². The largest absolute Gasteiger partial charge is 0.454 e. The van der Waals surface area contributed by atoms with Crippen molar-refractivity contribution in [2.75, 3.05) is 52.6 Å². The Balaban J connectivity index is 1.37. The Labute approximate surface area is 170 Å². The van der Waals surface area contributed by atoms with Crippen molar-refractivity contribution < 1.29 is 23.9 Å². The van der Waals surface area contributed by atoms with Gasteiger partial charge in [-0.1, -0.05) is 13.3 Å². The van der Waals surface area contributed by atoms with Crippen LogP contribution in [0.4, 0.5) is 0 Å². The molecule has 0 aromatic heterocycles. The van der Waals surface area contributed by atoms with E-state index in [4.69, 9.17) is 9.47 Å². The van der Waals surface area contributed by atoms with Gasteiger partial charge in [0.1, 0.15) is 0 Å². The van der Waals surface area contributed by atoms with E-state index in [0.29, 0.717) is 56.3 Å². The average Bonchev–Trinajstić information content (AvgIpc) is 3.20. The summed E-state index contributed by atoms with van der Waals surface area (Å²) in [6, 6.07) is 4.92. The highest BCUT2D eigenvalue weighted by Crippen LogP contribution is 2.32. The first-order chi connectivity index (χ1) is 14.1. The fourth-order valence-electron chi connectivity index (χ4n) is 3.23. The minimum Gasteiger partial charge on any atom is -0.454 e. The smallest absolute Gasteiger partial charge is 0.251 e. The second-order valence-corrected chi connectivity index (χ2v) is 7.11. The molecule has 9 heteroatoms. The molecule has 1 fully saturated rings. The van der Waals surface area contributed by atoms with E-state index < -0.39 is 0 Å². The summed E-state index contributed by atoms with van der Waals surface area (Å²) < 4.78 is 10.5. The monoisotopic (exact) mass is 404 g/mol. The molecule has 2 aliphatic rings. The minimum absolute atomic E-state index is 0.0224. The number of hydrogen-bond acceptors (Lipinski definition) is 6. The zero-order valence-corrected chi connectivity index (χ0v) is 16.7. The molecule has 2 N–H and O–H groups in total. The van der Waals surface area contributed by atoms with Crippen LogP contribution in [0.15, 0.2) is 18.2 Å².